The van der Waals surface area contributed by atoms with Gasteiger partial charge in [0.2, 0.25) is 15.8 Å². The van der Waals surface area contributed by atoms with Gasteiger partial charge in [0.1, 0.15) is 0 Å². The number of carbonyl (C=O) groups excluding carboxylic acids is 3. The van der Waals surface area contributed by atoms with Gasteiger partial charge in [0.15, 0.2) is 0 Å². The van der Waals surface area contributed by atoms with Crippen molar-refractivity contribution in [3.05, 3.63) is 48.5 Å². The lowest BCUT2D eigenvalue weighted by atomic mass is 10.3. The molecule has 0 radical (unpaired) electrons. The summed E-state index contributed by atoms with van der Waals surface area (Å²) in [7, 11) is -3.72. The maximum absolute atomic E-state index is 12.5. The van der Waals surface area contributed by atoms with Crippen molar-refractivity contribution in [2.24, 2.45) is 4.99 Å². The fraction of sp³-hybridized carbons (Fsp3) is 0. The molecule has 3 rings (SSSR count). The molecule has 26 heavy (non-hydrogen) atoms. The van der Waals surface area contributed by atoms with Crippen LogP contribution in [0, 0.1) is 0 Å². The zero-order valence-electron chi connectivity index (χ0n) is 13.1. The first kappa shape index (κ1) is 17.3. The first-order valence-electron chi connectivity index (χ1n) is 7.23. The number of benzene rings is 2. The Bertz CT molecular complexity index is 1020. The number of carbonyl (C=O) groups is 3. The van der Waals surface area contributed by atoms with Crippen LogP contribution in [0.1, 0.15) is 0 Å². The van der Waals surface area contributed by atoms with Crippen LogP contribution in [-0.2, 0) is 24.2 Å². The molecular weight excluding hydrogens is 360 g/mol. The molecule has 132 valence electrons. The average molecular weight is 372 g/mol. The minimum Gasteiger partial charge on any atom is -0.399 e. The third-order valence-electron chi connectivity index (χ3n) is 3.45. The van der Waals surface area contributed by atoms with E-state index in [1.807, 2.05) is 0 Å². The molecule has 0 saturated carbocycles. The molecule has 0 aromatic heterocycles. The molecule has 10 heteroatoms. The number of anilines is 1. The maximum Gasteiger partial charge on any atom is 0.308 e. The first-order valence-corrected chi connectivity index (χ1v) is 8.72. The highest BCUT2D eigenvalue weighted by Gasteiger charge is 2.30. The van der Waals surface area contributed by atoms with E-state index in [2.05, 4.69) is 15.6 Å². The molecule has 0 aliphatic carbocycles. The number of sulfone groups is 1. The summed E-state index contributed by atoms with van der Waals surface area (Å²) in [5.41, 5.74) is 6.27. The zero-order chi connectivity index (χ0) is 18.9. The minimum absolute atomic E-state index is 0.0399. The van der Waals surface area contributed by atoms with Crippen molar-refractivity contribution in [3.63, 3.8) is 0 Å². The van der Waals surface area contributed by atoms with Crippen LogP contribution in [0.25, 0.3) is 0 Å². The van der Waals surface area contributed by atoms with Gasteiger partial charge in [0.25, 0.3) is 0 Å². The number of hydrogen-bond acceptors (Lipinski definition) is 7. The van der Waals surface area contributed by atoms with Crippen LogP contribution >= 0.6 is 0 Å². The lowest BCUT2D eigenvalue weighted by molar-refractivity contribution is -0.145. The van der Waals surface area contributed by atoms with Crippen LogP contribution in [0.3, 0.4) is 0 Å². The summed E-state index contributed by atoms with van der Waals surface area (Å²) in [5.74, 6) is -3.60. The van der Waals surface area contributed by atoms with Crippen LogP contribution < -0.4 is 16.4 Å². The van der Waals surface area contributed by atoms with Crippen molar-refractivity contribution in [2.45, 2.75) is 9.79 Å². The normalized spacial score (nSPS) is 14.6. The molecule has 1 aliphatic rings. The Kier molecular flexibility index (Phi) is 4.26. The molecular formula is C16H12N4O5S. The number of hydrogen-bond donors (Lipinski definition) is 3. The highest BCUT2D eigenvalue weighted by atomic mass is 32.2. The molecule has 4 N–H and O–H groups in total. The lowest BCUT2D eigenvalue weighted by Crippen LogP contribution is -2.57. The van der Waals surface area contributed by atoms with Crippen molar-refractivity contribution in [3.8, 4) is 0 Å². The number of aliphatic imine (C=N–C) groups is 1. The summed E-state index contributed by atoms with van der Waals surface area (Å²) in [5, 5.41) is 4.24. The smallest absolute Gasteiger partial charge is 0.308 e. The topological polar surface area (TPSA) is 148 Å². The molecule has 1 heterocycles. The van der Waals surface area contributed by atoms with Gasteiger partial charge in [-0.3, -0.25) is 25.0 Å². The highest BCUT2D eigenvalue weighted by molar-refractivity contribution is 7.91. The Morgan fingerprint density at radius 3 is 1.73 bits per heavy atom. The van der Waals surface area contributed by atoms with Crippen molar-refractivity contribution >= 4 is 44.8 Å². The van der Waals surface area contributed by atoms with Gasteiger partial charge in [-0.15, -0.1) is 0 Å². The Hall–Kier alpha value is -3.53. The molecule has 1 aliphatic heterocycles. The second kappa shape index (κ2) is 6.41. The number of ketones is 1. The molecule has 9 nitrogen and oxygen atoms in total. The molecule has 2 aromatic rings. The molecule has 0 unspecified atom stereocenters. The Morgan fingerprint density at radius 2 is 1.23 bits per heavy atom. The Morgan fingerprint density at radius 1 is 0.769 bits per heavy atom. The summed E-state index contributed by atoms with van der Waals surface area (Å²) in [4.78, 5) is 37.7. The van der Waals surface area contributed by atoms with Crippen LogP contribution in [0.15, 0.2) is 63.3 Å². The van der Waals surface area contributed by atoms with E-state index in [9.17, 15) is 22.8 Å². The highest BCUT2D eigenvalue weighted by Crippen LogP contribution is 2.24. The zero-order valence-corrected chi connectivity index (χ0v) is 13.9. The van der Waals surface area contributed by atoms with E-state index in [-0.39, 0.29) is 21.4 Å². The van der Waals surface area contributed by atoms with E-state index < -0.39 is 27.4 Å². The van der Waals surface area contributed by atoms with E-state index in [1.165, 1.54) is 48.5 Å². The third-order valence-corrected chi connectivity index (χ3v) is 5.24. The maximum atomic E-state index is 12.5. The van der Waals surface area contributed by atoms with E-state index >= 15 is 0 Å². The van der Waals surface area contributed by atoms with Crippen molar-refractivity contribution in [2.75, 3.05) is 5.73 Å². The van der Waals surface area contributed by atoms with E-state index in [1.54, 1.807) is 0 Å². The first-order chi connectivity index (χ1) is 12.3. The van der Waals surface area contributed by atoms with Crippen LogP contribution in [0.5, 0.6) is 0 Å². The molecule has 2 amide bonds. The minimum atomic E-state index is -3.72. The Balaban J connectivity index is 1.86. The number of guanidine groups is 1. The quantitative estimate of drug-likeness (QED) is 0.506. The van der Waals surface area contributed by atoms with E-state index in [0.717, 1.165) is 0 Å². The fourth-order valence-electron chi connectivity index (χ4n) is 2.13. The van der Waals surface area contributed by atoms with Crippen molar-refractivity contribution < 1.29 is 22.8 Å². The fourth-order valence-corrected chi connectivity index (χ4v) is 3.39. The standard InChI is InChI=1S/C16H12N4O5S/c17-9-1-5-11(6-2-9)26(24,25)12-7-3-10(4-8-12)18-16-19-14(22)13(21)15(23)20-16/h1-8H,17H2,(H2,18,19,20,22,23). The summed E-state index contributed by atoms with van der Waals surface area (Å²) in [6, 6.07) is 11.3. The summed E-state index contributed by atoms with van der Waals surface area (Å²) in [6.07, 6.45) is 0. The number of amides is 2. The van der Waals surface area contributed by atoms with Gasteiger partial charge in [-0.1, -0.05) is 0 Å². The van der Waals surface area contributed by atoms with Gasteiger partial charge >= 0.3 is 17.6 Å². The predicted octanol–water partition coefficient (Wildman–Crippen LogP) is -0.0958. The predicted molar refractivity (Wildman–Crippen MR) is 91.1 cm³/mol. The largest absolute Gasteiger partial charge is 0.399 e. The van der Waals surface area contributed by atoms with Crippen LogP contribution in [0.2, 0.25) is 0 Å². The van der Waals surface area contributed by atoms with Crippen LogP contribution in [-0.4, -0.2) is 32.0 Å². The number of rotatable bonds is 3. The second-order valence-electron chi connectivity index (χ2n) is 5.26. The number of nitrogens with two attached hydrogens (primary N) is 1. The number of nitrogen functional groups attached to an aromatic ring is 1. The van der Waals surface area contributed by atoms with Crippen molar-refractivity contribution in [1.82, 2.24) is 10.6 Å². The summed E-state index contributed by atoms with van der Waals surface area (Å²) >= 11 is 0. The SMILES string of the molecule is Nc1ccc(S(=O)(=O)c2ccc(N=C3NC(=O)C(=O)C(=O)N3)cc2)cc1. The Labute approximate surface area is 147 Å². The van der Waals surface area contributed by atoms with E-state index in [0.29, 0.717) is 5.69 Å². The van der Waals surface area contributed by atoms with Gasteiger partial charge in [-0.2, -0.15) is 0 Å². The number of nitrogens with one attached hydrogen (secondary N) is 2. The monoisotopic (exact) mass is 372 g/mol. The number of Topliss-reactive ketones (excluding diaryl/α,β-unsaturated/α-hetero) is 1. The van der Waals surface area contributed by atoms with Gasteiger partial charge < -0.3 is 5.73 Å². The summed E-state index contributed by atoms with van der Waals surface area (Å²) < 4.78 is 25.1. The van der Waals surface area contributed by atoms with Gasteiger partial charge in [0.05, 0.1) is 15.5 Å². The lowest BCUT2D eigenvalue weighted by Gasteiger charge is -2.13. The molecule has 1 saturated heterocycles. The molecule has 0 spiro atoms. The number of nitrogens with zero attached hydrogens (tertiary/aromatic N) is 1. The molecule has 1 fully saturated rings. The molecule has 0 atom stereocenters. The van der Waals surface area contributed by atoms with Crippen LogP contribution in [0.4, 0.5) is 11.4 Å². The van der Waals surface area contributed by atoms with E-state index in [4.69, 9.17) is 5.73 Å². The average Bonchev–Trinajstić information content (AvgIpc) is 2.60. The third kappa shape index (κ3) is 3.30. The van der Waals surface area contributed by atoms with Gasteiger partial charge in [-0.05, 0) is 48.5 Å². The molecule has 0 bridgehead atoms. The van der Waals surface area contributed by atoms with Gasteiger partial charge in [-0.25, -0.2) is 13.4 Å². The second-order valence-corrected chi connectivity index (χ2v) is 7.21. The molecule has 2 aromatic carbocycles. The van der Waals surface area contributed by atoms with Gasteiger partial charge in [0, 0.05) is 5.69 Å². The van der Waals surface area contributed by atoms with Crippen molar-refractivity contribution in [1.29, 1.82) is 0 Å². The summed E-state index contributed by atoms with van der Waals surface area (Å²) in [6.45, 7) is 0.